The van der Waals surface area contributed by atoms with E-state index in [1.807, 2.05) is 27.7 Å². The monoisotopic (exact) mass is 303 g/mol. The van der Waals surface area contributed by atoms with Gasteiger partial charge in [0.15, 0.2) is 17.9 Å². The van der Waals surface area contributed by atoms with Gasteiger partial charge in [0.25, 0.3) is 0 Å². The Hall–Kier alpha value is -0.280. The predicted octanol–water partition coefficient (Wildman–Crippen LogP) is 0.358. The number of rotatable bonds is 4. The summed E-state index contributed by atoms with van der Waals surface area (Å²) in [5.41, 5.74) is 5.45. The van der Waals surface area contributed by atoms with Crippen molar-refractivity contribution < 1.29 is 28.4 Å². The standard InChI is InChI=1S/C14H25NO6/c1-13(2)18-9-8(7-16-6-5-15)17-12-11(10(9)19-13)20-14(3,4)21-12/h8-12H,5-7,15H2,1-4H3/t8-,9+,10+,11-,12-/m1/s1. The van der Waals surface area contributed by atoms with Crippen molar-refractivity contribution in [2.45, 2.75) is 70.0 Å². The van der Waals surface area contributed by atoms with Gasteiger partial charge in [-0.3, -0.25) is 0 Å². The molecule has 0 amide bonds. The van der Waals surface area contributed by atoms with E-state index in [1.54, 1.807) is 0 Å². The highest BCUT2D eigenvalue weighted by Gasteiger charge is 2.60. The number of nitrogens with two attached hydrogens (primary N) is 1. The average Bonchev–Trinajstić information content (AvgIpc) is 2.84. The SMILES string of the molecule is CC1(C)O[C@H]2[C@@H](O1)[C@@H](COCCN)O[C@@H]1OC(C)(C)O[C@@H]12. The fourth-order valence-electron chi connectivity index (χ4n) is 3.11. The van der Waals surface area contributed by atoms with E-state index in [2.05, 4.69) is 0 Å². The van der Waals surface area contributed by atoms with Gasteiger partial charge in [0, 0.05) is 6.54 Å². The van der Waals surface area contributed by atoms with Crippen molar-refractivity contribution >= 4 is 0 Å². The first-order chi connectivity index (χ1) is 9.81. The summed E-state index contributed by atoms with van der Waals surface area (Å²) in [6.07, 6.45) is -1.49. The Morgan fingerprint density at radius 2 is 1.52 bits per heavy atom. The Labute approximate surface area is 124 Å². The molecule has 0 aliphatic carbocycles. The highest BCUT2D eigenvalue weighted by molar-refractivity contribution is 5.00. The number of ether oxygens (including phenoxy) is 6. The van der Waals surface area contributed by atoms with Crippen molar-refractivity contribution in [3.63, 3.8) is 0 Å². The number of hydrogen-bond acceptors (Lipinski definition) is 7. The zero-order valence-electron chi connectivity index (χ0n) is 13.0. The molecule has 0 spiro atoms. The van der Waals surface area contributed by atoms with Crippen molar-refractivity contribution in [3.8, 4) is 0 Å². The number of fused-ring (bicyclic) bond motifs is 3. The van der Waals surface area contributed by atoms with Gasteiger partial charge in [0.2, 0.25) is 0 Å². The van der Waals surface area contributed by atoms with Gasteiger partial charge in [0.1, 0.15) is 24.4 Å². The summed E-state index contributed by atoms with van der Waals surface area (Å²) in [5, 5.41) is 0. The first-order valence-electron chi connectivity index (χ1n) is 7.46. The van der Waals surface area contributed by atoms with E-state index in [0.29, 0.717) is 19.8 Å². The van der Waals surface area contributed by atoms with E-state index in [9.17, 15) is 0 Å². The first kappa shape index (κ1) is 15.6. The second-order valence-electron chi connectivity index (χ2n) is 6.57. The molecule has 0 unspecified atom stereocenters. The molecular weight excluding hydrogens is 278 g/mol. The highest BCUT2D eigenvalue weighted by Crippen LogP contribution is 2.44. The lowest BCUT2D eigenvalue weighted by Crippen LogP contribution is -2.56. The van der Waals surface area contributed by atoms with Gasteiger partial charge in [-0.05, 0) is 27.7 Å². The van der Waals surface area contributed by atoms with Gasteiger partial charge in [-0.2, -0.15) is 0 Å². The van der Waals surface area contributed by atoms with Crippen LogP contribution in [0.25, 0.3) is 0 Å². The molecule has 3 aliphatic heterocycles. The van der Waals surface area contributed by atoms with Crippen LogP contribution >= 0.6 is 0 Å². The molecule has 3 fully saturated rings. The minimum atomic E-state index is -0.691. The second-order valence-corrected chi connectivity index (χ2v) is 6.57. The lowest BCUT2D eigenvalue weighted by molar-refractivity contribution is -0.242. The molecule has 7 nitrogen and oxygen atoms in total. The molecule has 3 saturated heterocycles. The van der Waals surface area contributed by atoms with Crippen molar-refractivity contribution in [2.24, 2.45) is 5.73 Å². The molecule has 2 N–H and O–H groups in total. The maximum Gasteiger partial charge on any atom is 0.190 e. The summed E-state index contributed by atoms with van der Waals surface area (Å²) in [4.78, 5) is 0. The molecule has 122 valence electrons. The maximum atomic E-state index is 6.01. The summed E-state index contributed by atoms with van der Waals surface area (Å²) in [6.45, 7) is 8.86. The van der Waals surface area contributed by atoms with Crippen LogP contribution in [-0.4, -0.2) is 62.0 Å². The smallest absolute Gasteiger partial charge is 0.190 e. The van der Waals surface area contributed by atoms with E-state index in [0.717, 1.165) is 0 Å². The van der Waals surface area contributed by atoms with Crippen LogP contribution in [0.3, 0.4) is 0 Å². The van der Waals surface area contributed by atoms with Crippen LogP contribution in [0.1, 0.15) is 27.7 Å². The summed E-state index contributed by atoms with van der Waals surface area (Å²) in [6, 6.07) is 0. The average molecular weight is 303 g/mol. The molecule has 0 saturated carbocycles. The summed E-state index contributed by atoms with van der Waals surface area (Å²) < 4.78 is 35.2. The molecule has 7 heteroatoms. The zero-order chi connectivity index (χ0) is 15.3. The van der Waals surface area contributed by atoms with Crippen molar-refractivity contribution in [1.29, 1.82) is 0 Å². The van der Waals surface area contributed by atoms with Crippen LogP contribution in [-0.2, 0) is 28.4 Å². The zero-order valence-corrected chi connectivity index (χ0v) is 13.0. The van der Waals surface area contributed by atoms with Crippen LogP contribution in [0, 0.1) is 0 Å². The molecule has 0 aromatic heterocycles. The Bertz CT molecular complexity index is 388. The maximum absolute atomic E-state index is 6.01. The van der Waals surface area contributed by atoms with Gasteiger partial charge >= 0.3 is 0 Å². The van der Waals surface area contributed by atoms with Crippen molar-refractivity contribution in [1.82, 2.24) is 0 Å². The Kier molecular flexibility index (Phi) is 4.03. The normalized spacial score (nSPS) is 43.6. The van der Waals surface area contributed by atoms with E-state index < -0.39 is 17.9 Å². The third-order valence-electron chi connectivity index (χ3n) is 3.80. The minimum Gasteiger partial charge on any atom is -0.377 e. The first-order valence-corrected chi connectivity index (χ1v) is 7.46. The molecule has 5 atom stereocenters. The van der Waals surface area contributed by atoms with Crippen molar-refractivity contribution in [3.05, 3.63) is 0 Å². The van der Waals surface area contributed by atoms with Crippen LogP contribution in [0.4, 0.5) is 0 Å². The Balaban J connectivity index is 1.75. The molecule has 0 bridgehead atoms. The van der Waals surface area contributed by atoms with Gasteiger partial charge in [-0.25, -0.2) is 0 Å². The summed E-state index contributed by atoms with van der Waals surface area (Å²) in [7, 11) is 0. The topological polar surface area (TPSA) is 81.4 Å². The van der Waals surface area contributed by atoms with E-state index in [1.165, 1.54) is 0 Å². The quantitative estimate of drug-likeness (QED) is 0.751. The molecule has 0 aromatic rings. The third kappa shape index (κ3) is 3.10. The predicted molar refractivity (Wildman–Crippen MR) is 72.4 cm³/mol. The second kappa shape index (κ2) is 5.42. The highest BCUT2D eigenvalue weighted by atomic mass is 16.9. The minimum absolute atomic E-state index is 0.230. The van der Waals surface area contributed by atoms with E-state index >= 15 is 0 Å². The molecule has 21 heavy (non-hydrogen) atoms. The van der Waals surface area contributed by atoms with Gasteiger partial charge < -0.3 is 34.2 Å². The van der Waals surface area contributed by atoms with E-state index in [-0.39, 0.29) is 24.4 Å². The van der Waals surface area contributed by atoms with Crippen LogP contribution < -0.4 is 5.73 Å². The fraction of sp³-hybridized carbons (Fsp3) is 1.00. The fourth-order valence-corrected chi connectivity index (χ4v) is 3.11. The molecule has 0 aromatic carbocycles. The summed E-state index contributed by atoms with van der Waals surface area (Å²) in [5.74, 6) is -1.36. The Morgan fingerprint density at radius 3 is 2.24 bits per heavy atom. The molecule has 3 aliphatic rings. The molecule has 0 radical (unpaired) electrons. The number of hydrogen-bond donors (Lipinski definition) is 1. The van der Waals surface area contributed by atoms with Gasteiger partial charge in [-0.15, -0.1) is 0 Å². The van der Waals surface area contributed by atoms with Crippen LogP contribution in [0.15, 0.2) is 0 Å². The van der Waals surface area contributed by atoms with E-state index in [4.69, 9.17) is 34.2 Å². The molecule has 3 heterocycles. The molecule has 3 rings (SSSR count). The summed E-state index contributed by atoms with van der Waals surface area (Å²) >= 11 is 0. The third-order valence-corrected chi connectivity index (χ3v) is 3.80. The lowest BCUT2D eigenvalue weighted by Gasteiger charge is -2.37. The van der Waals surface area contributed by atoms with Crippen LogP contribution in [0.2, 0.25) is 0 Å². The Morgan fingerprint density at radius 1 is 0.905 bits per heavy atom. The van der Waals surface area contributed by atoms with Gasteiger partial charge in [0.05, 0.1) is 13.2 Å². The molecular formula is C14H25NO6. The van der Waals surface area contributed by atoms with Crippen molar-refractivity contribution in [2.75, 3.05) is 19.8 Å². The van der Waals surface area contributed by atoms with Gasteiger partial charge in [-0.1, -0.05) is 0 Å². The largest absolute Gasteiger partial charge is 0.377 e. The lowest BCUT2D eigenvalue weighted by atomic mass is 9.99. The van der Waals surface area contributed by atoms with Crippen LogP contribution in [0.5, 0.6) is 0 Å².